The van der Waals surface area contributed by atoms with Crippen LogP contribution in [0.4, 0.5) is 5.82 Å². The largest absolute Gasteiger partial charge is 0.493 e. The Morgan fingerprint density at radius 3 is 2.94 bits per heavy atom. The van der Waals surface area contributed by atoms with E-state index < -0.39 is 10.0 Å². The van der Waals surface area contributed by atoms with E-state index >= 15 is 0 Å². The number of fused-ring (bicyclic) bond motifs is 1. The lowest BCUT2D eigenvalue weighted by Crippen LogP contribution is -2.13. The SMILES string of the molecule is O=S(=O)(Nc1ccon1)c1ccc2c(c1)OCC2. The van der Waals surface area contributed by atoms with Gasteiger partial charge in [-0.3, -0.25) is 4.72 Å². The molecule has 6 nitrogen and oxygen atoms in total. The van der Waals surface area contributed by atoms with Gasteiger partial charge >= 0.3 is 0 Å². The Morgan fingerprint density at radius 1 is 1.28 bits per heavy atom. The first-order chi connectivity index (χ1) is 8.65. The van der Waals surface area contributed by atoms with Crippen LogP contribution in [0.3, 0.4) is 0 Å². The molecule has 94 valence electrons. The van der Waals surface area contributed by atoms with Crippen LogP contribution in [0.1, 0.15) is 5.56 Å². The van der Waals surface area contributed by atoms with Gasteiger partial charge in [0.05, 0.1) is 11.5 Å². The van der Waals surface area contributed by atoms with Crippen LogP contribution in [-0.2, 0) is 16.4 Å². The van der Waals surface area contributed by atoms with Crippen LogP contribution < -0.4 is 9.46 Å². The lowest BCUT2D eigenvalue weighted by Gasteiger charge is -2.06. The summed E-state index contributed by atoms with van der Waals surface area (Å²) in [6.45, 7) is 0.593. The summed E-state index contributed by atoms with van der Waals surface area (Å²) < 4.78 is 36.3. The second kappa shape index (κ2) is 4.02. The first kappa shape index (κ1) is 11.1. The monoisotopic (exact) mass is 266 g/mol. The van der Waals surface area contributed by atoms with Crippen LogP contribution in [0.5, 0.6) is 5.75 Å². The molecule has 0 amide bonds. The molecule has 1 N–H and O–H groups in total. The van der Waals surface area contributed by atoms with Crippen molar-refractivity contribution in [2.24, 2.45) is 0 Å². The molecule has 1 aliphatic rings. The predicted molar refractivity (Wildman–Crippen MR) is 63.0 cm³/mol. The summed E-state index contributed by atoms with van der Waals surface area (Å²) >= 11 is 0. The normalized spacial score (nSPS) is 14.0. The third-order valence-electron chi connectivity index (χ3n) is 2.65. The fourth-order valence-corrected chi connectivity index (χ4v) is 2.78. The smallest absolute Gasteiger partial charge is 0.263 e. The molecule has 3 rings (SSSR count). The molecule has 0 unspecified atom stereocenters. The molecule has 0 saturated carbocycles. The van der Waals surface area contributed by atoms with Crippen LogP contribution in [0.2, 0.25) is 0 Å². The number of anilines is 1. The van der Waals surface area contributed by atoms with Crippen molar-refractivity contribution < 1.29 is 17.7 Å². The fraction of sp³-hybridized carbons (Fsp3) is 0.182. The summed E-state index contributed by atoms with van der Waals surface area (Å²) in [4.78, 5) is 0.145. The van der Waals surface area contributed by atoms with E-state index in [-0.39, 0.29) is 10.7 Å². The quantitative estimate of drug-likeness (QED) is 0.908. The van der Waals surface area contributed by atoms with Crippen molar-refractivity contribution in [1.82, 2.24) is 5.16 Å². The number of sulfonamides is 1. The number of rotatable bonds is 3. The van der Waals surface area contributed by atoms with Crippen molar-refractivity contribution >= 4 is 15.8 Å². The van der Waals surface area contributed by atoms with Crippen molar-refractivity contribution in [3.05, 3.63) is 36.1 Å². The highest BCUT2D eigenvalue weighted by molar-refractivity contribution is 7.92. The molecular formula is C11H10N2O4S. The molecule has 0 aliphatic carbocycles. The number of aromatic nitrogens is 1. The van der Waals surface area contributed by atoms with Gasteiger partial charge in [0.1, 0.15) is 12.0 Å². The van der Waals surface area contributed by atoms with Gasteiger partial charge in [0, 0.05) is 18.6 Å². The van der Waals surface area contributed by atoms with Gasteiger partial charge in [0.2, 0.25) is 0 Å². The molecule has 7 heteroatoms. The Labute approximate surface area is 104 Å². The standard InChI is InChI=1S/C11H10N2O4S/c14-18(15,13-11-4-6-17-12-11)9-2-1-8-3-5-16-10(8)7-9/h1-2,4,6-7H,3,5H2,(H,12,13). The van der Waals surface area contributed by atoms with Crippen molar-refractivity contribution in [3.8, 4) is 5.75 Å². The number of benzene rings is 1. The molecule has 1 aliphatic heterocycles. The lowest BCUT2D eigenvalue weighted by atomic mass is 10.2. The van der Waals surface area contributed by atoms with Crippen molar-refractivity contribution in [1.29, 1.82) is 0 Å². The Bertz CT molecular complexity index is 664. The van der Waals surface area contributed by atoms with Gasteiger partial charge in [0.25, 0.3) is 10.0 Å². The molecule has 0 saturated heterocycles. The van der Waals surface area contributed by atoms with Gasteiger partial charge < -0.3 is 9.26 Å². The van der Waals surface area contributed by atoms with Crippen LogP contribution in [-0.4, -0.2) is 20.2 Å². The van der Waals surface area contributed by atoms with E-state index in [9.17, 15) is 8.42 Å². The Balaban J connectivity index is 1.94. The highest BCUT2D eigenvalue weighted by Gasteiger charge is 2.20. The number of nitrogens with one attached hydrogen (secondary N) is 1. The summed E-state index contributed by atoms with van der Waals surface area (Å²) in [6.07, 6.45) is 2.11. The van der Waals surface area contributed by atoms with Crippen molar-refractivity contribution in [2.75, 3.05) is 11.3 Å². The van der Waals surface area contributed by atoms with Crippen LogP contribution in [0, 0.1) is 0 Å². The first-order valence-corrected chi connectivity index (χ1v) is 6.82. The highest BCUT2D eigenvalue weighted by atomic mass is 32.2. The van der Waals surface area contributed by atoms with E-state index in [2.05, 4.69) is 14.4 Å². The average molecular weight is 266 g/mol. The molecule has 0 spiro atoms. The number of hydrogen-bond donors (Lipinski definition) is 1. The summed E-state index contributed by atoms with van der Waals surface area (Å²) in [5.74, 6) is 0.773. The second-order valence-corrected chi connectivity index (χ2v) is 5.54. The molecule has 1 aromatic heterocycles. The zero-order valence-corrected chi connectivity index (χ0v) is 10.1. The van der Waals surface area contributed by atoms with E-state index in [1.54, 1.807) is 12.1 Å². The van der Waals surface area contributed by atoms with E-state index in [1.165, 1.54) is 18.4 Å². The van der Waals surface area contributed by atoms with Gasteiger partial charge in [0.15, 0.2) is 5.82 Å². The molecule has 18 heavy (non-hydrogen) atoms. The number of nitrogens with zero attached hydrogens (tertiary/aromatic N) is 1. The maximum absolute atomic E-state index is 12.1. The summed E-state index contributed by atoms with van der Waals surface area (Å²) in [6, 6.07) is 6.27. The maximum atomic E-state index is 12.1. The minimum absolute atomic E-state index is 0.145. The van der Waals surface area contributed by atoms with E-state index in [4.69, 9.17) is 4.74 Å². The molecule has 0 bridgehead atoms. The average Bonchev–Trinajstić information content (AvgIpc) is 2.97. The van der Waals surface area contributed by atoms with E-state index in [1.807, 2.05) is 0 Å². The first-order valence-electron chi connectivity index (χ1n) is 5.34. The molecule has 0 fully saturated rings. The van der Waals surface area contributed by atoms with Gasteiger partial charge in [-0.25, -0.2) is 8.42 Å². The van der Waals surface area contributed by atoms with Gasteiger partial charge in [-0.15, -0.1) is 0 Å². The summed E-state index contributed by atoms with van der Waals surface area (Å²) in [5, 5.41) is 3.50. The van der Waals surface area contributed by atoms with Crippen LogP contribution in [0.15, 0.2) is 39.9 Å². The predicted octanol–water partition coefficient (Wildman–Crippen LogP) is 1.41. The topological polar surface area (TPSA) is 81.4 Å². The Kier molecular flexibility index (Phi) is 2.48. The third kappa shape index (κ3) is 1.92. The van der Waals surface area contributed by atoms with E-state index in [0.717, 1.165) is 12.0 Å². The van der Waals surface area contributed by atoms with Crippen molar-refractivity contribution in [3.63, 3.8) is 0 Å². The fourth-order valence-electron chi connectivity index (χ4n) is 1.78. The summed E-state index contributed by atoms with van der Waals surface area (Å²) in [5.41, 5.74) is 1.02. The molecule has 1 aromatic carbocycles. The van der Waals surface area contributed by atoms with E-state index in [0.29, 0.717) is 12.4 Å². The number of ether oxygens (including phenoxy) is 1. The molecular weight excluding hydrogens is 256 g/mol. The molecule has 0 atom stereocenters. The van der Waals surface area contributed by atoms with Crippen LogP contribution >= 0.6 is 0 Å². The maximum Gasteiger partial charge on any atom is 0.263 e. The zero-order valence-electron chi connectivity index (χ0n) is 9.29. The second-order valence-electron chi connectivity index (χ2n) is 3.86. The van der Waals surface area contributed by atoms with Crippen LogP contribution in [0.25, 0.3) is 0 Å². The zero-order chi connectivity index (χ0) is 12.6. The minimum Gasteiger partial charge on any atom is -0.493 e. The molecule has 2 heterocycles. The Hall–Kier alpha value is -2.02. The van der Waals surface area contributed by atoms with Gasteiger partial charge in [-0.1, -0.05) is 11.2 Å². The highest BCUT2D eigenvalue weighted by Crippen LogP contribution is 2.28. The minimum atomic E-state index is -3.66. The lowest BCUT2D eigenvalue weighted by molar-refractivity contribution is 0.356. The third-order valence-corrected chi connectivity index (χ3v) is 4.01. The van der Waals surface area contributed by atoms with Gasteiger partial charge in [-0.2, -0.15) is 0 Å². The summed E-state index contributed by atoms with van der Waals surface area (Å²) in [7, 11) is -3.66. The molecule has 2 aromatic rings. The van der Waals surface area contributed by atoms with Crippen molar-refractivity contribution in [2.45, 2.75) is 11.3 Å². The van der Waals surface area contributed by atoms with Gasteiger partial charge in [-0.05, 0) is 11.6 Å². The number of hydrogen-bond acceptors (Lipinski definition) is 5. The Morgan fingerprint density at radius 2 is 2.17 bits per heavy atom. The molecule has 0 radical (unpaired) electrons.